The van der Waals surface area contributed by atoms with Gasteiger partial charge in [0.05, 0.1) is 25.5 Å². The Bertz CT molecular complexity index is 1690. The van der Waals surface area contributed by atoms with Crippen molar-refractivity contribution < 1.29 is 14.6 Å². The molecule has 1 aliphatic carbocycles. The van der Waals surface area contributed by atoms with Crippen molar-refractivity contribution in [3.05, 3.63) is 71.0 Å². The SMILES string of the molecule is CC1(C)Cc2cc3n(c2C1)CCN(c1cccc(-c2nc(N)nc(Nc4ccc(N5CCOCC5)cc4)n2)c1CO)C3=O. The number of benzene rings is 2. The zero-order valence-corrected chi connectivity index (χ0v) is 24.5. The van der Waals surface area contributed by atoms with E-state index in [0.717, 1.165) is 50.5 Å². The van der Waals surface area contributed by atoms with E-state index in [9.17, 15) is 9.90 Å². The Balaban J connectivity index is 1.16. The van der Waals surface area contributed by atoms with Gasteiger partial charge in [-0.2, -0.15) is 15.0 Å². The van der Waals surface area contributed by atoms with Crippen LogP contribution in [-0.2, 0) is 30.7 Å². The first-order valence-corrected chi connectivity index (χ1v) is 14.8. The molecule has 0 spiro atoms. The topological polar surface area (TPSA) is 135 Å². The minimum absolute atomic E-state index is 0.0519. The van der Waals surface area contributed by atoms with Crippen molar-refractivity contribution in [2.75, 3.05) is 53.7 Å². The Morgan fingerprint density at radius 2 is 1.79 bits per heavy atom. The van der Waals surface area contributed by atoms with Crippen molar-refractivity contribution in [1.82, 2.24) is 19.5 Å². The normalized spacial score (nSPS) is 17.6. The number of hydrogen-bond acceptors (Lipinski definition) is 9. The third kappa shape index (κ3) is 5.08. The van der Waals surface area contributed by atoms with Crippen LogP contribution in [-0.4, -0.2) is 63.4 Å². The Morgan fingerprint density at radius 3 is 2.56 bits per heavy atom. The molecule has 7 rings (SSSR count). The maximum atomic E-state index is 13.8. The molecule has 3 aliphatic rings. The molecule has 2 aromatic carbocycles. The van der Waals surface area contributed by atoms with Crippen LogP contribution >= 0.6 is 0 Å². The van der Waals surface area contributed by atoms with E-state index in [1.807, 2.05) is 42.5 Å². The van der Waals surface area contributed by atoms with Gasteiger partial charge in [0.1, 0.15) is 5.69 Å². The molecule has 11 nitrogen and oxygen atoms in total. The van der Waals surface area contributed by atoms with Crippen LogP contribution in [0.25, 0.3) is 11.4 Å². The lowest BCUT2D eigenvalue weighted by molar-refractivity contribution is 0.0963. The van der Waals surface area contributed by atoms with Gasteiger partial charge in [0.25, 0.3) is 5.91 Å². The predicted molar refractivity (Wildman–Crippen MR) is 166 cm³/mol. The summed E-state index contributed by atoms with van der Waals surface area (Å²) in [4.78, 5) is 31.2. The quantitative estimate of drug-likeness (QED) is 0.311. The molecule has 0 radical (unpaired) electrons. The summed E-state index contributed by atoms with van der Waals surface area (Å²) in [6.45, 7) is 8.65. The lowest BCUT2D eigenvalue weighted by Gasteiger charge is -2.31. The first-order chi connectivity index (χ1) is 20.8. The number of aromatic nitrogens is 4. The van der Waals surface area contributed by atoms with E-state index >= 15 is 0 Å². The van der Waals surface area contributed by atoms with Gasteiger partial charge in [-0.3, -0.25) is 4.79 Å². The van der Waals surface area contributed by atoms with E-state index in [0.29, 0.717) is 47.4 Å². The van der Waals surface area contributed by atoms with Gasteiger partial charge in [0, 0.05) is 54.4 Å². The second-order valence-electron chi connectivity index (χ2n) is 12.2. The minimum atomic E-state index is -0.293. The highest BCUT2D eigenvalue weighted by Gasteiger charge is 2.37. The minimum Gasteiger partial charge on any atom is -0.392 e. The molecule has 0 unspecified atom stereocenters. The van der Waals surface area contributed by atoms with Crippen LogP contribution in [0.3, 0.4) is 0 Å². The van der Waals surface area contributed by atoms with Crippen LogP contribution in [0.1, 0.15) is 41.2 Å². The molecular formula is C32H36N8O3. The summed E-state index contributed by atoms with van der Waals surface area (Å²) in [5.74, 6) is 0.597. The molecule has 1 amide bonds. The second kappa shape index (κ2) is 10.7. The van der Waals surface area contributed by atoms with E-state index < -0.39 is 0 Å². The molecule has 2 aliphatic heterocycles. The molecule has 11 heteroatoms. The van der Waals surface area contributed by atoms with Crippen LogP contribution in [0.5, 0.6) is 0 Å². The van der Waals surface area contributed by atoms with Crippen molar-refractivity contribution >= 4 is 34.9 Å². The van der Waals surface area contributed by atoms with Gasteiger partial charge in [-0.1, -0.05) is 26.0 Å². The molecule has 2 aromatic heterocycles. The highest BCUT2D eigenvalue weighted by Crippen LogP contribution is 2.40. The lowest BCUT2D eigenvalue weighted by Crippen LogP contribution is -2.41. The number of nitrogens with two attached hydrogens (primary N) is 1. The number of ether oxygens (including phenoxy) is 1. The van der Waals surface area contributed by atoms with Gasteiger partial charge in [-0.25, -0.2) is 0 Å². The number of aliphatic hydroxyl groups excluding tert-OH is 1. The zero-order chi connectivity index (χ0) is 29.7. The number of fused-ring (bicyclic) bond motifs is 3. The molecule has 222 valence electrons. The standard InChI is InChI=1S/C32H36N8O3/c1-32(2)17-20-16-26-29(42)40(11-10-39(26)27(20)18-32)25-5-3-4-23(24(25)19-41)28-35-30(33)37-31(36-28)34-21-6-8-22(9-7-21)38-12-14-43-15-13-38/h3-9,16,41H,10-15,17-19H2,1-2H3,(H3,33,34,35,36,37). The number of amides is 1. The third-order valence-corrected chi connectivity index (χ3v) is 8.62. The number of aliphatic hydroxyl groups is 1. The third-order valence-electron chi connectivity index (χ3n) is 8.62. The summed E-state index contributed by atoms with van der Waals surface area (Å²) in [7, 11) is 0. The summed E-state index contributed by atoms with van der Waals surface area (Å²) in [6, 6.07) is 15.6. The molecule has 1 saturated heterocycles. The maximum Gasteiger partial charge on any atom is 0.274 e. The van der Waals surface area contributed by atoms with Gasteiger partial charge >= 0.3 is 0 Å². The van der Waals surface area contributed by atoms with Crippen LogP contribution < -0.4 is 20.9 Å². The van der Waals surface area contributed by atoms with Crippen molar-refractivity contribution in [1.29, 1.82) is 0 Å². The number of nitrogen functional groups attached to an aromatic ring is 1. The lowest BCUT2D eigenvalue weighted by atomic mass is 9.90. The number of morpholine rings is 1. The molecule has 1 fully saturated rings. The molecule has 43 heavy (non-hydrogen) atoms. The van der Waals surface area contributed by atoms with Crippen LogP contribution in [0.2, 0.25) is 0 Å². The number of anilines is 5. The molecule has 0 saturated carbocycles. The summed E-state index contributed by atoms with van der Waals surface area (Å²) in [5.41, 5.74) is 13.3. The smallest absolute Gasteiger partial charge is 0.274 e. The fraction of sp³-hybridized carbons (Fsp3) is 0.375. The van der Waals surface area contributed by atoms with E-state index in [2.05, 4.69) is 49.6 Å². The molecule has 0 atom stereocenters. The largest absolute Gasteiger partial charge is 0.392 e. The molecular weight excluding hydrogens is 544 g/mol. The van der Waals surface area contributed by atoms with Gasteiger partial charge in [0.15, 0.2) is 5.82 Å². The van der Waals surface area contributed by atoms with E-state index in [1.165, 1.54) is 11.3 Å². The fourth-order valence-electron chi connectivity index (χ4n) is 6.62. The van der Waals surface area contributed by atoms with Crippen LogP contribution in [0, 0.1) is 5.41 Å². The molecule has 0 bridgehead atoms. The average Bonchev–Trinajstić information content (AvgIpc) is 3.49. The van der Waals surface area contributed by atoms with E-state index in [4.69, 9.17) is 10.5 Å². The van der Waals surface area contributed by atoms with Gasteiger partial charge in [-0.05, 0) is 60.2 Å². The predicted octanol–water partition coefficient (Wildman–Crippen LogP) is 3.78. The Labute approximate surface area is 250 Å². The van der Waals surface area contributed by atoms with Crippen molar-refractivity contribution in [2.24, 2.45) is 5.41 Å². The van der Waals surface area contributed by atoms with Crippen molar-refractivity contribution in [3.63, 3.8) is 0 Å². The molecule has 4 aromatic rings. The zero-order valence-electron chi connectivity index (χ0n) is 24.5. The number of carbonyl (C=O) groups excluding carboxylic acids is 1. The highest BCUT2D eigenvalue weighted by molar-refractivity contribution is 6.07. The molecule has 4 heterocycles. The van der Waals surface area contributed by atoms with Crippen molar-refractivity contribution in [3.8, 4) is 11.4 Å². The fourth-order valence-corrected chi connectivity index (χ4v) is 6.62. The summed E-state index contributed by atoms with van der Waals surface area (Å²) in [6.07, 6.45) is 1.95. The number of nitrogens with one attached hydrogen (secondary N) is 1. The second-order valence-corrected chi connectivity index (χ2v) is 12.2. The first-order valence-electron chi connectivity index (χ1n) is 14.8. The number of carbonyl (C=O) groups is 1. The van der Waals surface area contributed by atoms with Crippen LogP contribution in [0.4, 0.5) is 29.0 Å². The Kier molecular flexibility index (Phi) is 6.78. The monoisotopic (exact) mass is 580 g/mol. The average molecular weight is 581 g/mol. The van der Waals surface area contributed by atoms with Crippen LogP contribution in [0.15, 0.2) is 48.5 Å². The van der Waals surface area contributed by atoms with Gasteiger partial charge in [0.2, 0.25) is 11.9 Å². The Morgan fingerprint density at radius 1 is 1.00 bits per heavy atom. The van der Waals surface area contributed by atoms with Gasteiger partial charge < -0.3 is 35.3 Å². The van der Waals surface area contributed by atoms with E-state index in [-0.39, 0.29) is 23.9 Å². The summed E-state index contributed by atoms with van der Waals surface area (Å²) >= 11 is 0. The number of nitrogens with zero attached hydrogens (tertiary/aromatic N) is 6. The summed E-state index contributed by atoms with van der Waals surface area (Å²) in [5, 5.41) is 13.8. The highest BCUT2D eigenvalue weighted by atomic mass is 16.5. The van der Waals surface area contributed by atoms with Gasteiger partial charge in [-0.15, -0.1) is 0 Å². The maximum absolute atomic E-state index is 13.8. The first kappa shape index (κ1) is 27.4. The summed E-state index contributed by atoms with van der Waals surface area (Å²) < 4.78 is 7.64. The molecule has 4 N–H and O–H groups in total. The number of hydrogen-bond donors (Lipinski definition) is 3. The van der Waals surface area contributed by atoms with E-state index in [1.54, 1.807) is 4.90 Å². The van der Waals surface area contributed by atoms with Crippen molar-refractivity contribution in [2.45, 2.75) is 39.8 Å². The number of rotatable bonds is 6. The Hall–Kier alpha value is -4.48.